The van der Waals surface area contributed by atoms with Crippen LogP contribution < -0.4 is 5.56 Å². The Kier molecular flexibility index (Phi) is 3.08. The van der Waals surface area contributed by atoms with Crippen molar-refractivity contribution in [3.63, 3.8) is 0 Å². The number of para-hydroxylation sites is 2. The van der Waals surface area contributed by atoms with Crippen LogP contribution >= 0.6 is 0 Å². The fourth-order valence-corrected chi connectivity index (χ4v) is 2.26. The lowest BCUT2D eigenvalue weighted by Crippen LogP contribution is -2.25. The summed E-state index contributed by atoms with van der Waals surface area (Å²) in [6, 6.07) is 16.4. The topological polar surface area (TPSA) is 55.1 Å². The molecule has 1 heterocycles. The third-order valence-electron chi connectivity index (χ3n) is 3.19. The van der Waals surface area contributed by atoms with E-state index in [-0.39, 0.29) is 5.56 Å². The molecule has 4 nitrogen and oxygen atoms in total. The molecule has 0 unspecified atom stereocenters. The van der Waals surface area contributed by atoms with Crippen molar-refractivity contribution < 1.29 is 5.11 Å². The van der Waals surface area contributed by atoms with Crippen LogP contribution in [-0.2, 0) is 0 Å². The Labute approximate surface area is 116 Å². The summed E-state index contributed by atoms with van der Waals surface area (Å²) in [5.41, 5.74) is 1.13. The molecular weight excluding hydrogens is 252 g/mol. The summed E-state index contributed by atoms with van der Waals surface area (Å²) in [7, 11) is 0. The number of benzene rings is 2. The minimum Gasteiger partial charge on any atom is -0.385 e. The van der Waals surface area contributed by atoms with Gasteiger partial charge in [0.1, 0.15) is 11.9 Å². The quantitative estimate of drug-likeness (QED) is 0.775. The van der Waals surface area contributed by atoms with Crippen molar-refractivity contribution in [2.75, 3.05) is 0 Å². The highest BCUT2D eigenvalue weighted by Crippen LogP contribution is 2.17. The van der Waals surface area contributed by atoms with Gasteiger partial charge in [-0.2, -0.15) is 0 Å². The molecule has 1 atom stereocenters. The Bertz CT molecular complexity index is 808. The van der Waals surface area contributed by atoms with Gasteiger partial charge >= 0.3 is 0 Å². The van der Waals surface area contributed by atoms with E-state index in [1.165, 1.54) is 4.57 Å². The predicted molar refractivity (Wildman–Crippen MR) is 78.0 cm³/mol. The van der Waals surface area contributed by atoms with Crippen molar-refractivity contribution in [2.45, 2.75) is 13.0 Å². The summed E-state index contributed by atoms with van der Waals surface area (Å²) >= 11 is 0. The van der Waals surface area contributed by atoms with Gasteiger partial charge < -0.3 is 5.11 Å². The molecule has 20 heavy (non-hydrogen) atoms. The molecule has 0 spiro atoms. The molecule has 0 amide bonds. The molecule has 1 aromatic heterocycles. The van der Waals surface area contributed by atoms with Crippen molar-refractivity contribution in [2.24, 2.45) is 0 Å². The second-order valence-electron chi connectivity index (χ2n) is 4.64. The first-order valence-electron chi connectivity index (χ1n) is 6.43. The largest absolute Gasteiger partial charge is 0.385 e. The van der Waals surface area contributed by atoms with Crippen molar-refractivity contribution >= 4 is 10.9 Å². The molecule has 2 aromatic carbocycles. The van der Waals surface area contributed by atoms with E-state index < -0.39 is 6.10 Å². The molecular formula is C16H14N2O2. The van der Waals surface area contributed by atoms with Crippen LogP contribution in [0, 0.1) is 0 Å². The van der Waals surface area contributed by atoms with Crippen LogP contribution in [-0.4, -0.2) is 14.7 Å². The summed E-state index contributed by atoms with van der Waals surface area (Å²) in [6.07, 6.45) is -0.826. The Hall–Kier alpha value is -2.46. The van der Waals surface area contributed by atoms with E-state index in [0.29, 0.717) is 22.4 Å². The average Bonchev–Trinajstić information content (AvgIpc) is 2.48. The second kappa shape index (κ2) is 4.90. The van der Waals surface area contributed by atoms with Crippen LogP contribution in [0.15, 0.2) is 59.4 Å². The maximum absolute atomic E-state index is 12.7. The lowest BCUT2D eigenvalue weighted by molar-refractivity contribution is 0.186. The van der Waals surface area contributed by atoms with Gasteiger partial charge in [-0.25, -0.2) is 4.98 Å². The van der Waals surface area contributed by atoms with Gasteiger partial charge in [0.2, 0.25) is 0 Å². The van der Waals surface area contributed by atoms with E-state index in [9.17, 15) is 9.90 Å². The molecule has 0 aliphatic heterocycles. The molecule has 0 bridgehead atoms. The van der Waals surface area contributed by atoms with Crippen molar-refractivity contribution in [3.8, 4) is 5.69 Å². The molecule has 100 valence electrons. The van der Waals surface area contributed by atoms with Gasteiger partial charge in [0.05, 0.1) is 16.6 Å². The SMILES string of the molecule is C[C@@H](O)c1nc2ccccc2c(=O)n1-c1ccccc1. The smallest absolute Gasteiger partial charge is 0.266 e. The molecule has 0 saturated heterocycles. The fourth-order valence-electron chi connectivity index (χ4n) is 2.26. The van der Waals surface area contributed by atoms with E-state index in [0.717, 1.165) is 0 Å². The van der Waals surface area contributed by atoms with Crippen LogP contribution in [0.3, 0.4) is 0 Å². The Morgan fingerprint density at radius 1 is 1.05 bits per heavy atom. The van der Waals surface area contributed by atoms with Crippen LogP contribution in [0.1, 0.15) is 18.9 Å². The second-order valence-corrected chi connectivity index (χ2v) is 4.64. The van der Waals surface area contributed by atoms with Gasteiger partial charge in [0, 0.05) is 0 Å². The number of fused-ring (bicyclic) bond motifs is 1. The third kappa shape index (κ3) is 2.00. The zero-order chi connectivity index (χ0) is 14.1. The van der Waals surface area contributed by atoms with E-state index in [1.54, 1.807) is 19.1 Å². The number of aliphatic hydroxyl groups is 1. The summed E-state index contributed by atoms with van der Waals surface area (Å²) in [6.45, 7) is 1.61. The van der Waals surface area contributed by atoms with Gasteiger partial charge in [0.15, 0.2) is 0 Å². The molecule has 4 heteroatoms. The standard InChI is InChI=1S/C16H14N2O2/c1-11(19)15-17-14-10-6-5-9-13(14)16(20)18(15)12-7-3-2-4-8-12/h2-11,19H,1H3/t11-/m1/s1. The van der Waals surface area contributed by atoms with Crippen molar-refractivity contribution in [1.82, 2.24) is 9.55 Å². The first-order valence-corrected chi connectivity index (χ1v) is 6.43. The molecule has 0 aliphatic rings. The summed E-state index contributed by atoms with van der Waals surface area (Å²) in [4.78, 5) is 17.1. The summed E-state index contributed by atoms with van der Waals surface area (Å²) in [5.74, 6) is 0.347. The minimum absolute atomic E-state index is 0.169. The Balaban J connectivity index is 2.43. The fraction of sp³-hybridized carbons (Fsp3) is 0.125. The number of hydrogen-bond donors (Lipinski definition) is 1. The molecule has 0 saturated carbocycles. The monoisotopic (exact) mass is 266 g/mol. The van der Waals surface area contributed by atoms with E-state index >= 15 is 0 Å². The van der Waals surface area contributed by atoms with Gasteiger partial charge in [0.25, 0.3) is 5.56 Å². The number of nitrogens with zero attached hydrogens (tertiary/aromatic N) is 2. The van der Waals surface area contributed by atoms with Gasteiger partial charge in [-0.1, -0.05) is 30.3 Å². The summed E-state index contributed by atoms with van der Waals surface area (Å²) in [5, 5.41) is 10.5. The van der Waals surface area contributed by atoms with E-state index in [4.69, 9.17) is 0 Å². The zero-order valence-corrected chi connectivity index (χ0v) is 11.0. The highest BCUT2D eigenvalue weighted by Gasteiger charge is 2.15. The number of aliphatic hydroxyl groups excluding tert-OH is 1. The van der Waals surface area contributed by atoms with Crippen LogP contribution in [0.25, 0.3) is 16.6 Å². The average molecular weight is 266 g/mol. The highest BCUT2D eigenvalue weighted by atomic mass is 16.3. The van der Waals surface area contributed by atoms with Crippen LogP contribution in [0.5, 0.6) is 0 Å². The predicted octanol–water partition coefficient (Wildman–Crippen LogP) is 2.44. The number of aromatic nitrogens is 2. The summed E-state index contributed by atoms with van der Waals surface area (Å²) < 4.78 is 1.47. The first kappa shape index (κ1) is 12.6. The highest BCUT2D eigenvalue weighted by molar-refractivity contribution is 5.77. The van der Waals surface area contributed by atoms with Crippen molar-refractivity contribution in [1.29, 1.82) is 0 Å². The Morgan fingerprint density at radius 2 is 1.70 bits per heavy atom. The lowest BCUT2D eigenvalue weighted by Gasteiger charge is -2.15. The number of rotatable bonds is 2. The van der Waals surface area contributed by atoms with Gasteiger partial charge in [-0.05, 0) is 31.2 Å². The van der Waals surface area contributed by atoms with Crippen LogP contribution in [0.2, 0.25) is 0 Å². The lowest BCUT2D eigenvalue weighted by atomic mass is 10.2. The van der Waals surface area contributed by atoms with Gasteiger partial charge in [-0.15, -0.1) is 0 Å². The maximum Gasteiger partial charge on any atom is 0.266 e. The molecule has 3 rings (SSSR count). The number of hydrogen-bond acceptors (Lipinski definition) is 3. The maximum atomic E-state index is 12.7. The molecule has 0 fully saturated rings. The molecule has 0 aliphatic carbocycles. The van der Waals surface area contributed by atoms with Crippen molar-refractivity contribution in [3.05, 3.63) is 70.8 Å². The molecule has 3 aromatic rings. The van der Waals surface area contributed by atoms with E-state index in [1.807, 2.05) is 42.5 Å². The Morgan fingerprint density at radius 3 is 2.40 bits per heavy atom. The van der Waals surface area contributed by atoms with E-state index in [2.05, 4.69) is 4.98 Å². The third-order valence-corrected chi connectivity index (χ3v) is 3.19. The molecule has 1 N–H and O–H groups in total. The normalized spacial score (nSPS) is 12.5. The minimum atomic E-state index is -0.826. The van der Waals surface area contributed by atoms with Gasteiger partial charge in [-0.3, -0.25) is 9.36 Å². The van der Waals surface area contributed by atoms with Crippen LogP contribution in [0.4, 0.5) is 0 Å². The zero-order valence-electron chi connectivity index (χ0n) is 11.0. The molecule has 0 radical (unpaired) electrons. The first-order chi connectivity index (χ1) is 9.68.